The van der Waals surface area contributed by atoms with Crippen LogP contribution in [0.3, 0.4) is 0 Å². The van der Waals surface area contributed by atoms with Crippen LogP contribution in [0.25, 0.3) is 0 Å². The summed E-state index contributed by atoms with van der Waals surface area (Å²) in [5.74, 6) is 0.930. The Labute approximate surface area is 98.7 Å². The number of H-pyrrole nitrogens is 1. The Morgan fingerprint density at radius 2 is 2.12 bits per heavy atom. The largest absolute Gasteiger partial charge is 0.439 e. The van der Waals surface area contributed by atoms with Gasteiger partial charge in [0.1, 0.15) is 5.75 Å². The summed E-state index contributed by atoms with van der Waals surface area (Å²) in [6.07, 6.45) is 1.31. The van der Waals surface area contributed by atoms with E-state index in [0.29, 0.717) is 5.75 Å². The number of aromatic amines is 1. The fourth-order valence-corrected chi connectivity index (χ4v) is 1.35. The minimum atomic E-state index is -0.237. The van der Waals surface area contributed by atoms with Gasteiger partial charge < -0.3 is 14.6 Å². The van der Waals surface area contributed by atoms with Crippen molar-refractivity contribution in [3.8, 4) is 11.6 Å². The van der Waals surface area contributed by atoms with Gasteiger partial charge in [0.2, 0.25) is 5.88 Å². The molecule has 0 aliphatic rings. The normalized spacial score (nSPS) is 10.0. The zero-order chi connectivity index (χ0) is 12.3. The molecule has 0 aliphatic heterocycles. The van der Waals surface area contributed by atoms with Crippen molar-refractivity contribution in [3.63, 3.8) is 0 Å². The van der Waals surface area contributed by atoms with Gasteiger partial charge in [0.25, 0.3) is 5.56 Å². The molecule has 0 fully saturated rings. The van der Waals surface area contributed by atoms with Gasteiger partial charge in [-0.3, -0.25) is 4.79 Å². The molecule has 1 aromatic carbocycles. The van der Waals surface area contributed by atoms with Crippen molar-refractivity contribution >= 4 is 5.69 Å². The van der Waals surface area contributed by atoms with Gasteiger partial charge >= 0.3 is 0 Å². The predicted octanol–water partition coefficient (Wildman–Crippen LogP) is 1.63. The first-order chi connectivity index (χ1) is 8.15. The van der Waals surface area contributed by atoms with E-state index in [-0.39, 0.29) is 11.4 Å². The molecule has 17 heavy (non-hydrogen) atoms. The van der Waals surface area contributed by atoms with Crippen LogP contribution in [-0.2, 0) is 0 Å². The summed E-state index contributed by atoms with van der Waals surface area (Å²) < 4.78 is 5.49. The molecule has 0 bridgehead atoms. The van der Waals surface area contributed by atoms with Crippen LogP contribution in [0.2, 0.25) is 0 Å². The first kappa shape index (κ1) is 11.2. The number of ether oxygens (including phenoxy) is 1. The SMILES string of the molecule is CN(C)c1cccc(Oc2cc(=O)[nH]cn2)c1. The van der Waals surface area contributed by atoms with E-state index in [4.69, 9.17) is 4.74 Å². The van der Waals surface area contributed by atoms with Gasteiger partial charge in [-0.2, -0.15) is 0 Å². The summed E-state index contributed by atoms with van der Waals surface area (Å²) in [6.45, 7) is 0. The summed E-state index contributed by atoms with van der Waals surface area (Å²) in [5, 5.41) is 0. The van der Waals surface area contributed by atoms with Gasteiger partial charge in [0, 0.05) is 25.8 Å². The Kier molecular flexibility index (Phi) is 3.09. The summed E-state index contributed by atoms with van der Waals surface area (Å²) in [4.78, 5) is 19.4. The van der Waals surface area contributed by atoms with Gasteiger partial charge in [0.15, 0.2) is 0 Å². The van der Waals surface area contributed by atoms with E-state index in [2.05, 4.69) is 9.97 Å². The van der Waals surface area contributed by atoms with Crippen molar-refractivity contribution < 1.29 is 4.74 Å². The number of rotatable bonds is 3. The Balaban J connectivity index is 2.24. The number of hydrogen-bond acceptors (Lipinski definition) is 4. The van der Waals surface area contributed by atoms with E-state index in [9.17, 15) is 4.79 Å². The number of nitrogens with zero attached hydrogens (tertiary/aromatic N) is 2. The molecule has 0 radical (unpaired) electrons. The first-order valence-corrected chi connectivity index (χ1v) is 5.15. The highest BCUT2D eigenvalue weighted by atomic mass is 16.5. The minimum Gasteiger partial charge on any atom is -0.439 e. The predicted molar refractivity (Wildman–Crippen MR) is 65.7 cm³/mol. The molecule has 1 heterocycles. The molecule has 0 aliphatic carbocycles. The van der Waals surface area contributed by atoms with E-state index in [1.807, 2.05) is 43.3 Å². The van der Waals surface area contributed by atoms with Crippen molar-refractivity contribution in [2.75, 3.05) is 19.0 Å². The molecule has 1 aromatic heterocycles. The lowest BCUT2D eigenvalue weighted by molar-refractivity contribution is 0.460. The van der Waals surface area contributed by atoms with Crippen LogP contribution in [0.5, 0.6) is 11.6 Å². The van der Waals surface area contributed by atoms with Gasteiger partial charge in [-0.15, -0.1) is 0 Å². The van der Waals surface area contributed by atoms with E-state index in [0.717, 1.165) is 5.69 Å². The molecular weight excluding hydrogens is 218 g/mol. The molecule has 88 valence electrons. The average molecular weight is 231 g/mol. The van der Waals surface area contributed by atoms with E-state index in [1.54, 1.807) is 0 Å². The third-order valence-electron chi connectivity index (χ3n) is 2.21. The molecule has 0 saturated heterocycles. The third kappa shape index (κ3) is 2.84. The standard InChI is InChI=1S/C12H13N3O2/c1-15(2)9-4-3-5-10(6-9)17-12-7-11(16)13-8-14-12/h3-8H,1-2H3,(H,13,14,16). The lowest BCUT2D eigenvalue weighted by Gasteiger charge is -2.13. The molecule has 2 rings (SSSR count). The lowest BCUT2D eigenvalue weighted by atomic mass is 10.3. The second-order valence-corrected chi connectivity index (χ2v) is 3.74. The smallest absolute Gasteiger partial charge is 0.254 e. The van der Waals surface area contributed by atoms with Gasteiger partial charge in [-0.1, -0.05) is 6.07 Å². The maximum Gasteiger partial charge on any atom is 0.254 e. The van der Waals surface area contributed by atoms with Crippen LogP contribution in [0.15, 0.2) is 41.5 Å². The molecular formula is C12H13N3O2. The van der Waals surface area contributed by atoms with Crippen LogP contribution in [-0.4, -0.2) is 24.1 Å². The average Bonchev–Trinajstić information content (AvgIpc) is 2.29. The molecule has 2 aromatic rings. The summed E-state index contributed by atoms with van der Waals surface area (Å²) in [7, 11) is 3.90. The Bertz CT molecular complexity index is 563. The maximum atomic E-state index is 11.1. The van der Waals surface area contributed by atoms with E-state index < -0.39 is 0 Å². The van der Waals surface area contributed by atoms with Crippen molar-refractivity contribution in [1.29, 1.82) is 0 Å². The fourth-order valence-electron chi connectivity index (χ4n) is 1.35. The van der Waals surface area contributed by atoms with Crippen molar-refractivity contribution in [2.24, 2.45) is 0 Å². The molecule has 5 nitrogen and oxygen atoms in total. The molecule has 5 heteroatoms. The van der Waals surface area contributed by atoms with Gasteiger partial charge in [-0.25, -0.2) is 4.98 Å². The van der Waals surface area contributed by atoms with Crippen molar-refractivity contribution in [1.82, 2.24) is 9.97 Å². The number of benzene rings is 1. The molecule has 1 N–H and O–H groups in total. The quantitative estimate of drug-likeness (QED) is 0.872. The highest BCUT2D eigenvalue weighted by molar-refractivity contribution is 5.49. The molecule has 0 unspecified atom stereocenters. The van der Waals surface area contributed by atoms with Crippen LogP contribution in [0.1, 0.15) is 0 Å². The van der Waals surface area contributed by atoms with Crippen LogP contribution >= 0.6 is 0 Å². The third-order valence-corrected chi connectivity index (χ3v) is 2.21. The number of nitrogens with one attached hydrogen (secondary N) is 1. The van der Waals surface area contributed by atoms with Crippen LogP contribution < -0.4 is 15.2 Å². The second-order valence-electron chi connectivity index (χ2n) is 3.74. The molecule has 0 atom stereocenters. The monoisotopic (exact) mass is 231 g/mol. The van der Waals surface area contributed by atoms with E-state index in [1.165, 1.54) is 12.4 Å². The number of aromatic nitrogens is 2. The fraction of sp³-hybridized carbons (Fsp3) is 0.167. The lowest BCUT2D eigenvalue weighted by Crippen LogP contribution is -2.08. The zero-order valence-electron chi connectivity index (χ0n) is 9.68. The minimum absolute atomic E-state index is 0.237. The zero-order valence-corrected chi connectivity index (χ0v) is 9.68. The second kappa shape index (κ2) is 4.69. The van der Waals surface area contributed by atoms with Crippen molar-refractivity contribution in [2.45, 2.75) is 0 Å². The summed E-state index contributed by atoms with van der Waals surface area (Å²) in [5.41, 5.74) is 0.783. The van der Waals surface area contributed by atoms with Crippen LogP contribution in [0, 0.1) is 0 Å². The molecule has 0 spiro atoms. The van der Waals surface area contributed by atoms with E-state index >= 15 is 0 Å². The van der Waals surface area contributed by atoms with Gasteiger partial charge in [-0.05, 0) is 12.1 Å². The first-order valence-electron chi connectivity index (χ1n) is 5.15. The molecule has 0 saturated carbocycles. The maximum absolute atomic E-state index is 11.1. The summed E-state index contributed by atoms with van der Waals surface area (Å²) >= 11 is 0. The Hall–Kier alpha value is -2.30. The Morgan fingerprint density at radius 1 is 1.29 bits per heavy atom. The highest BCUT2D eigenvalue weighted by Gasteiger charge is 2.01. The summed E-state index contributed by atoms with van der Waals surface area (Å²) in [6, 6.07) is 8.86. The topological polar surface area (TPSA) is 58.2 Å². The Morgan fingerprint density at radius 3 is 2.82 bits per heavy atom. The number of hydrogen-bond donors (Lipinski definition) is 1. The van der Waals surface area contributed by atoms with Crippen LogP contribution in [0.4, 0.5) is 5.69 Å². The highest BCUT2D eigenvalue weighted by Crippen LogP contribution is 2.22. The van der Waals surface area contributed by atoms with Crippen molar-refractivity contribution in [3.05, 3.63) is 47.0 Å². The van der Waals surface area contributed by atoms with Gasteiger partial charge in [0.05, 0.1) is 12.4 Å². The number of anilines is 1. The molecule has 0 amide bonds.